The van der Waals surface area contributed by atoms with Crippen LogP contribution in [0.5, 0.6) is 5.75 Å². The van der Waals surface area contributed by atoms with Crippen LogP contribution in [0.4, 0.5) is 0 Å². The molecule has 20 heavy (non-hydrogen) atoms. The number of amides is 2. The van der Waals surface area contributed by atoms with E-state index in [4.69, 9.17) is 9.84 Å². The number of thiophene rings is 1. The minimum absolute atomic E-state index is 0.0702. The number of nitrogens with one attached hydrogen (secondary N) is 2. The Kier molecular flexibility index (Phi) is 5.98. The summed E-state index contributed by atoms with van der Waals surface area (Å²) >= 11 is 1.14. The molecule has 0 aliphatic carbocycles. The van der Waals surface area contributed by atoms with Crippen molar-refractivity contribution in [3.63, 3.8) is 0 Å². The summed E-state index contributed by atoms with van der Waals surface area (Å²) < 4.78 is 5.19. The van der Waals surface area contributed by atoms with Crippen LogP contribution >= 0.6 is 11.3 Å². The first-order valence-corrected chi connectivity index (χ1v) is 6.80. The number of carbonyl (C=O) groups is 3. The zero-order valence-electron chi connectivity index (χ0n) is 11.2. The third kappa shape index (κ3) is 4.88. The Labute approximate surface area is 119 Å². The van der Waals surface area contributed by atoms with Crippen LogP contribution in [0.25, 0.3) is 0 Å². The molecular formula is C12H16N2O5S. The topological polar surface area (TPSA) is 105 Å². The van der Waals surface area contributed by atoms with Crippen LogP contribution in [-0.2, 0) is 16.0 Å². The van der Waals surface area contributed by atoms with Gasteiger partial charge in [0.1, 0.15) is 5.75 Å². The molecule has 0 bridgehead atoms. The molecule has 0 spiro atoms. The van der Waals surface area contributed by atoms with Gasteiger partial charge in [0.05, 0.1) is 0 Å². The van der Waals surface area contributed by atoms with Crippen molar-refractivity contribution in [3.05, 3.63) is 15.8 Å². The molecule has 0 aliphatic rings. The standard InChI is InChI=1S/C12H16N2O5S/c1-3-4-8-5-9(11(20-8)12(17)18)19-6-10(16)14-13-7(2)15/h5H,3-4,6H2,1-2H3,(H,13,15)(H,14,16)(H,17,18). The van der Waals surface area contributed by atoms with Crippen molar-refractivity contribution >= 4 is 29.1 Å². The molecule has 1 heterocycles. The van der Waals surface area contributed by atoms with E-state index in [0.29, 0.717) is 0 Å². The maximum absolute atomic E-state index is 11.3. The Balaban J connectivity index is 2.64. The molecular weight excluding hydrogens is 284 g/mol. The summed E-state index contributed by atoms with van der Waals surface area (Å²) in [5, 5.41) is 9.06. The number of carbonyl (C=O) groups excluding carboxylic acids is 2. The molecule has 0 aromatic carbocycles. The monoisotopic (exact) mass is 300 g/mol. The SMILES string of the molecule is CCCc1cc(OCC(=O)NNC(C)=O)c(C(=O)O)s1. The van der Waals surface area contributed by atoms with Crippen molar-refractivity contribution in [2.75, 3.05) is 6.61 Å². The van der Waals surface area contributed by atoms with Gasteiger partial charge in [-0.05, 0) is 12.5 Å². The van der Waals surface area contributed by atoms with E-state index in [1.54, 1.807) is 6.07 Å². The summed E-state index contributed by atoms with van der Waals surface area (Å²) in [5.74, 6) is -1.90. The Hall–Kier alpha value is -2.09. The number of carboxylic acids is 1. The summed E-state index contributed by atoms with van der Waals surface area (Å²) in [6, 6.07) is 1.63. The zero-order valence-corrected chi connectivity index (χ0v) is 12.0. The molecule has 1 rings (SSSR count). The van der Waals surface area contributed by atoms with Crippen LogP contribution in [0.2, 0.25) is 0 Å². The van der Waals surface area contributed by atoms with Gasteiger partial charge in [-0.25, -0.2) is 4.79 Å². The molecule has 3 N–H and O–H groups in total. The summed E-state index contributed by atoms with van der Waals surface area (Å²) in [6.45, 7) is 2.87. The Morgan fingerprint density at radius 2 is 2.05 bits per heavy atom. The van der Waals surface area contributed by atoms with Crippen LogP contribution < -0.4 is 15.6 Å². The van der Waals surface area contributed by atoms with Crippen molar-refractivity contribution in [3.8, 4) is 5.75 Å². The van der Waals surface area contributed by atoms with Gasteiger partial charge in [-0.2, -0.15) is 0 Å². The van der Waals surface area contributed by atoms with Gasteiger partial charge >= 0.3 is 5.97 Å². The van der Waals surface area contributed by atoms with Gasteiger partial charge in [-0.1, -0.05) is 13.3 Å². The second-order valence-corrected chi connectivity index (χ2v) is 5.12. The van der Waals surface area contributed by atoms with Crippen LogP contribution in [0, 0.1) is 0 Å². The summed E-state index contributed by atoms with van der Waals surface area (Å²) in [4.78, 5) is 34.0. The van der Waals surface area contributed by atoms with Gasteiger partial charge in [0.25, 0.3) is 5.91 Å². The Morgan fingerprint density at radius 3 is 2.60 bits per heavy atom. The second kappa shape index (κ2) is 7.49. The van der Waals surface area contributed by atoms with Crippen molar-refractivity contribution in [1.82, 2.24) is 10.9 Å². The van der Waals surface area contributed by atoms with E-state index in [2.05, 4.69) is 10.9 Å². The minimum Gasteiger partial charge on any atom is -0.482 e. The highest BCUT2D eigenvalue weighted by Crippen LogP contribution is 2.30. The molecule has 110 valence electrons. The van der Waals surface area contributed by atoms with E-state index in [-0.39, 0.29) is 17.2 Å². The summed E-state index contributed by atoms with van der Waals surface area (Å²) in [7, 11) is 0. The van der Waals surface area contributed by atoms with E-state index in [9.17, 15) is 14.4 Å². The van der Waals surface area contributed by atoms with E-state index < -0.39 is 17.8 Å². The van der Waals surface area contributed by atoms with Crippen LogP contribution in [0.15, 0.2) is 6.07 Å². The molecule has 0 fully saturated rings. The van der Waals surface area contributed by atoms with Gasteiger partial charge in [-0.15, -0.1) is 11.3 Å². The zero-order chi connectivity index (χ0) is 15.1. The molecule has 0 atom stereocenters. The highest BCUT2D eigenvalue weighted by molar-refractivity contribution is 7.14. The fourth-order valence-electron chi connectivity index (χ4n) is 1.39. The first kappa shape index (κ1) is 16.0. The molecule has 0 unspecified atom stereocenters. The van der Waals surface area contributed by atoms with E-state index in [0.717, 1.165) is 29.1 Å². The lowest BCUT2D eigenvalue weighted by molar-refractivity contribution is -0.129. The van der Waals surface area contributed by atoms with Crippen molar-refractivity contribution in [2.24, 2.45) is 0 Å². The molecule has 2 amide bonds. The van der Waals surface area contributed by atoms with Crippen LogP contribution in [-0.4, -0.2) is 29.5 Å². The first-order chi connectivity index (χ1) is 9.43. The molecule has 1 aromatic rings. The lowest BCUT2D eigenvalue weighted by Crippen LogP contribution is -2.42. The maximum Gasteiger partial charge on any atom is 0.349 e. The molecule has 0 saturated carbocycles. The first-order valence-electron chi connectivity index (χ1n) is 5.98. The van der Waals surface area contributed by atoms with E-state index in [1.807, 2.05) is 6.92 Å². The predicted octanol–water partition coefficient (Wildman–Crippen LogP) is 0.945. The number of hydrazine groups is 1. The van der Waals surface area contributed by atoms with Gasteiger partial charge in [0, 0.05) is 11.8 Å². The third-order valence-corrected chi connectivity index (χ3v) is 3.34. The fraction of sp³-hybridized carbons (Fsp3) is 0.417. The normalized spacial score (nSPS) is 9.90. The van der Waals surface area contributed by atoms with Crippen LogP contribution in [0.3, 0.4) is 0 Å². The fourth-order valence-corrected chi connectivity index (χ4v) is 2.43. The molecule has 7 nitrogen and oxygen atoms in total. The van der Waals surface area contributed by atoms with Gasteiger partial charge in [0.15, 0.2) is 11.5 Å². The van der Waals surface area contributed by atoms with Gasteiger partial charge in [0.2, 0.25) is 5.91 Å². The average Bonchev–Trinajstić information content (AvgIpc) is 2.77. The quantitative estimate of drug-likeness (QED) is 0.678. The highest BCUT2D eigenvalue weighted by Gasteiger charge is 2.17. The molecule has 0 saturated heterocycles. The highest BCUT2D eigenvalue weighted by atomic mass is 32.1. The Bertz CT molecular complexity index is 512. The smallest absolute Gasteiger partial charge is 0.349 e. The van der Waals surface area contributed by atoms with E-state index >= 15 is 0 Å². The van der Waals surface area contributed by atoms with Crippen molar-refractivity contribution < 1.29 is 24.2 Å². The van der Waals surface area contributed by atoms with Crippen molar-refractivity contribution in [2.45, 2.75) is 26.7 Å². The lowest BCUT2D eigenvalue weighted by Gasteiger charge is -2.06. The molecule has 0 radical (unpaired) electrons. The largest absolute Gasteiger partial charge is 0.482 e. The number of aryl methyl sites for hydroxylation is 1. The summed E-state index contributed by atoms with van der Waals surface area (Å²) in [6.07, 6.45) is 1.65. The van der Waals surface area contributed by atoms with E-state index in [1.165, 1.54) is 6.92 Å². The molecule has 1 aromatic heterocycles. The average molecular weight is 300 g/mol. The molecule has 8 heteroatoms. The number of rotatable bonds is 6. The predicted molar refractivity (Wildman–Crippen MR) is 72.7 cm³/mol. The van der Waals surface area contributed by atoms with Gasteiger partial charge in [-0.3, -0.25) is 20.4 Å². The minimum atomic E-state index is -1.09. The summed E-state index contributed by atoms with van der Waals surface area (Å²) in [5.41, 5.74) is 4.24. The number of ether oxygens (including phenoxy) is 1. The number of hydrogen-bond acceptors (Lipinski definition) is 5. The second-order valence-electron chi connectivity index (χ2n) is 3.98. The lowest BCUT2D eigenvalue weighted by atomic mass is 10.3. The van der Waals surface area contributed by atoms with Gasteiger partial charge < -0.3 is 9.84 Å². The Morgan fingerprint density at radius 1 is 1.35 bits per heavy atom. The number of hydrogen-bond donors (Lipinski definition) is 3. The number of aromatic carboxylic acids is 1. The van der Waals surface area contributed by atoms with Crippen LogP contribution in [0.1, 0.15) is 34.8 Å². The molecule has 0 aliphatic heterocycles. The van der Waals surface area contributed by atoms with Crippen molar-refractivity contribution in [1.29, 1.82) is 0 Å². The number of carboxylic acid groups (broad SMARTS) is 1. The maximum atomic E-state index is 11.3. The third-order valence-electron chi connectivity index (χ3n) is 2.18.